The summed E-state index contributed by atoms with van der Waals surface area (Å²) in [6.45, 7) is 1.26. The van der Waals surface area contributed by atoms with Crippen LogP contribution in [0.1, 0.15) is 23.3 Å². The van der Waals surface area contributed by atoms with Gasteiger partial charge in [-0.3, -0.25) is 14.9 Å². The van der Waals surface area contributed by atoms with E-state index >= 15 is 0 Å². The Morgan fingerprint density at radius 3 is 2.78 bits per heavy atom. The molecular weight excluding hydrogens is 316 g/mol. The van der Waals surface area contributed by atoms with Crippen LogP contribution in [0.2, 0.25) is 0 Å². The molecule has 0 bridgehead atoms. The summed E-state index contributed by atoms with van der Waals surface area (Å²) in [5.41, 5.74) is 7.10. The summed E-state index contributed by atoms with van der Waals surface area (Å²) in [4.78, 5) is 28.8. The number of non-ortho nitro benzene ring substituents is 1. The van der Waals surface area contributed by atoms with Crippen molar-refractivity contribution in [1.29, 1.82) is 0 Å². The maximum absolute atomic E-state index is 12.5. The van der Waals surface area contributed by atoms with Crippen LogP contribution in [0.25, 0.3) is 10.6 Å². The first-order valence-electron chi connectivity index (χ1n) is 7.30. The van der Waals surface area contributed by atoms with Crippen molar-refractivity contribution in [2.24, 2.45) is 5.73 Å². The Balaban J connectivity index is 1.77. The van der Waals surface area contributed by atoms with Crippen LogP contribution in [0.15, 0.2) is 29.6 Å². The molecule has 1 aliphatic rings. The molecule has 8 heteroatoms. The molecule has 1 fully saturated rings. The van der Waals surface area contributed by atoms with Gasteiger partial charge in [-0.1, -0.05) is 0 Å². The lowest BCUT2D eigenvalue weighted by molar-refractivity contribution is -0.384. The van der Waals surface area contributed by atoms with E-state index in [2.05, 4.69) is 4.98 Å². The number of amides is 1. The first-order valence-corrected chi connectivity index (χ1v) is 8.18. The summed E-state index contributed by atoms with van der Waals surface area (Å²) >= 11 is 1.35. The Hall–Kier alpha value is -2.32. The number of nitro groups is 1. The maximum Gasteiger partial charge on any atom is 0.273 e. The monoisotopic (exact) mass is 332 g/mol. The lowest BCUT2D eigenvalue weighted by Gasteiger charge is -2.30. The number of carbonyl (C=O) groups excluding carboxylic acids is 1. The van der Waals surface area contributed by atoms with E-state index in [4.69, 9.17) is 5.73 Å². The molecule has 1 atom stereocenters. The molecule has 2 heterocycles. The number of nitrogens with zero attached hydrogens (tertiary/aromatic N) is 3. The number of rotatable bonds is 3. The van der Waals surface area contributed by atoms with E-state index in [1.165, 1.54) is 23.5 Å². The normalized spacial score (nSPS) is 18.0. The number of carbonyl (C=O) groups is 1. The minimum atomic E-state index is -0.444. The van der Waals surface area contributed by atoms with Crippen molar-refractivity contribution in [2.45, 2.75) is 18.9 Å². The standard InChI is InChI=1S/C15H16N4O3S/c16-11-2-1-7-18(8-11)15(20)13-9-23-14(17-13)10-3-5-12(6-4-10)19(21)22/h3-6,9,11H,1-2,7-8,16H2. The molecule has 23 heavy (non-hydrogen) atoms. The van der Waals surface area contributed by atoms with Crippen LogP contribution in [-0.2, 0) is 0 Å². The van der Waals surface area contributed by atoms with Gasteiger partial charge in [0, 0.05) is 42.2 Å². The third kappa shape index (κ3) is 3.38. The lowest BCUT2D eigenvalue weighted by atomic mass is 10.1. The lowest BCUT2D eigenvalue weighted by Crippen LogP contribution is -2.45. The number of nitrogens with two attached hydrogens (primary N) is 1. The predicted octanol–water partition coefficient (Wildman–Crippen LogP) is 2.28. The third-order valence-electron chi connectivity index (χ3n) is 3.79. The smallest absolute Gasteiger partial charge is 0.273 e. The average molecular weight is 332 g/mol. The topological polar surface area (TPSA) is 102 Å². The number of benzene rings is 1. The summed E-state index contributed by atoms with van der Waals surface area (Å²) in [5.74, 6) is -0.107. The fourth-order valence-electron chi connectivity index (χ4n) is 2.59. The van der Waals surface area contributed by atoms with Crippen LogP contribution in [-0.4, -0.2) is 39.8 Å². The minimum Gasteiger partial charge on any atom is -0.336 e. The van der Waals surface area contributed by atoms with E-state index in [-0.39, 0.29) is 17.6 Å². The number of aromatic nitrogens is 1. The van der Waals surface area contributed by atoms with E-state index in [0.29, 0.717) is 23.8 Å². The quantitative estimate of drug-likeness (QED) is 0.686. The molecule has 120 valence electrons. The van der Waals surface area contributed by atoms with Gasteiger partial charge in [0.2, 0.25) is 0 Å². The molecule has 0 spiro atoms. The number of hydrogen-bond acceptors (Lipinski definition) is 6. The second kappa shape index (κ2) is 6.43. The van der Waals surface area contributed by atoms with Crippen molar-refractivity contribution in [3.63, 3.8) is 0 Å². The second-order valence-electron chi connectivity index (χ2n) is 5.50. The molecule has 1 aromatic carbocycles. The molecule has 0 saturated carbocycles. The van der Waals surface area contributed by atoms with Gasteiger partial charge in [0.15, 0.2) is 0 Å². The Morgan fingerprint density at radius 2 is 2.13 bits per heavy atom. The van der Waals surface area contributed by atoms with Crippen molar-refractivity contribution >= 4 is 22.9 Å². The zero-order valence-corrected chi connectivity index (χ0v) is 13.2. The first kappa shape index (κ1) is 15.6. The fourth-order valence-corrected chi connectivity index (χ4v) is 3.39. The SMILES string of the molecule is NC1CCCN(C(=O)c2csc(-c3ccc([N+](=O)[O-])cc3)n2)C1. The number of thiazole rings is 1. The highest BCUT2D eigenvalue weighted by atomic mass is 32.1. The Labute approximate surface area is 136 Å². The van der Waals surface area contributed by atoms with Crippen molar-refractivity contribution in [2.75, 3.05) is 13.1 Å². The molecule has 1 amide bonds. The molecule has 2 N–H and O–H groups in total. The van der Waals surface area contributed by atoms with Gasteiger partial charge in [0.1, 0.15) is 10.7 Å². The summed E-state index contributed by atoms with van der Waals surface area (Å²) in [5, 5.41) is 13.1. The highest BCUT2D eigenvalue weighted by molar-refractivity contribution is 7.13. The van der Waals surface area contributed by atoms with E-state index in [0.717, 1.165) is 18.4 Å². The summed E-state index contributed by atoms with van der Waals surface area (Å²) in [6, 6.07) is 6.17. The number of piperidine rings is 1. The van der Waals surface area contributed by atoms with Gasteiger partial charge in [-0.05, 0) is 25.0 Å². The highest BCUT2D eigenvalue weighted by Gasteiger charge is 2.24. The number of likely N-dealkylation sites (tertiary alicyclic amines) is 1. The van der Waals surface area contributed by atoms with Crippen molar-refractivity contribution in [3.05, 3.63) is 45.5 Å². The fraction of sp³-hybridized carbons (Fsp3) is 0.333. The van der Waals surface area contributed by atoms with Gasteiger partial charge in [0.05, 0.1) is 4.92 Å². The van der Waals surface area contributed by atoms with Crippen LogP contribution >= 0.6 is 11.3 Å². The van der Waals surface area contributed by atoms with Crippen molar-refractivity contribution in [3.8, 4) is 10.6 Å². The van der Waals surface area contributed by atoms with Gasteiger partial charge in [-0.25, -0.2) is 4.98 Å². The van der Waals surface area contributed by atoms with Gasteiger partial charge in [-0.2, -0.15) is 0 Å². The van der Waals surface area contributed by atoms with Crippen molar-refractivity contribution in [1.82, 2.24) is 9.88 Å². The zero-order valence-electron chi connectivity index (χ0n) is 12.3. The van der Waals surface area contributed by atoms with Crippen LogP contribution in [0.5, 0.6) is 0 Å². The molecule has 0 aliphatic carbocycles. The summed E-state index contributed by atoms with van der Waals surface area (Å²) in [7, 11) is 0. The molecule has 1 saturated heterocycles. The van der Waals surface area contributed by atoms with E-state index < -0.39 is 4.92 Å². The molecule has 7 nitrogen and oxygen atoms in total. The van der Waals surface area contributed by atoms with E-state index in [1.54, 1.807) is 22.4 Å². The minimum absolute atomic E-state index is 0.0282. The van der Waals surface area contributed by atoms with Gasteiger partial charge in [0.25, 0.3) is 11.6 Å². The molecular formula is C15H16N4O3S. The molecule has 3 rings (SSSR count). The van der Waals surface area contributed by atoms with E-state index in [9.17, 15) is 14.9 Å². The van der Waals surface area contributed by atoms with Crippen molar-refractivity contribution < 1.29 is 9.72 Å². The average Bonchev–Trinajstić information content (AvgIpc) is 3.04. The molecule has 1 unspecified atom stereocenters. The van der Waals surface area contributed by atoms with E-state index in [1.807, 2.05) is 0 Å². The van der Waals surface area contributed by atoms with Crippen LogP contribution in [0, 0.1) is 10.1 Å². The molecule has 0 radical (unpaired) electrons. The Bertz CT molecular complexity index is 729. The first-order chi connectivity index (χ1) is 11.0. The molecule has 1 aromatic heterocycles. The number of nitro benzene ring substituents is 1. The predicted molar refractivity (Wildman–Crippen MR) is 87.3 cm³/mol. The largest absolute Gasteiger partial charge is 0.336 e. The Morgan fingerprint density at radius 1 is 1.39 bits per heavy atom. The third-order valence-corrected chi connectivity index (χ3v) is 4.68. The summed E-state index contributed by atoms with van der Waals surface area (Å²) < 4.78 is 0. The highest BCUT2D eigenvalue weighted by Crippen LogP contribution is 2.26. The van der Waals surface area contributed by atoms with Crippen LogP contribution in [0.3, 0.4) is 0 Å². The molecule has 1 aliphatic heterocycles. The summed E-state index contributed by atoms with van der Waals surface area (Å²) in [6.07, 6.45) is 1.85. The second-order valence-corrected chi connectivity index (χ2v) is 6.35. The molecule has 2 aromatic rings. The number of hydrogen-bond donors (Lipinski definition) is 1. The van der Waals surface area contributed by atoms with Crippen LogP contribution in [0.4, 0.5) is 5.69 Å². The van der Waals surface area contributed by atoms with Gasteiger partial charge < -0.3 is 10.6 Å². The zero-order chi connectivity index (χ0) is 16.4. The van der Waals surface area contributed by atoms with Gasteiger partial charge >= 0.3 is 0 Å². The van der Waals surface area contributed by atoms with Gasteiger partial charge in [-0.15, -0.1) is 11.3 Å². The maximum atomic E-state index is 12.5. The van der Waals surface area contributed by atoms with Crippen LogP contribution < -0.4 is 5.73 Å². The Kier molecular flexibility index (Phi) is 4.35.